The van der Waals surface area contributed by atoms with Gasteiger partial charge in [0.15, 0.2) is 5.78 Å². The number of fused-ring (bicyclic) bond motifs is 7. The topological polar surface area (TPSA) is 113 Å². The van der Waals surface area contributed by atoms with Crippen LogP contribution < -0.4 is 0 Å². The van der Waals surface area contributed by atoms with E-state index in [-0.39, 0.29) is 63.6 Å². The Kier molecular flexibility index (Phi) is 12.8. The van der Waals surface area contributed by atoms with Gasteiger partial charge in [0.2, 0.25) is 0 Å². The third kappa shape index (κ3) is 8.03. The number of carboxylic acids is 1. The Hall–Kier alpha value is -3.11. The standard InChI is InChI=1S/C50H75FN2O7/c1-31(2)42-36(55)27-50(40(59-32(3)54)30-53(26-25-52(11)12)29-33-13-15-34(51)16-14-33)24-23-48(9)35(43(42)50)17-18-38-47(8)21-20-39(60-41(56)28-45(4,5)44(57)58)46(6,7)37(47)19-22-49(38,48)10/h13-16,31,35,37-40H,17-30H2,1-12H3,(H,57,58)/t35-,37?,38?,39+,40-,47+,48-,49-,50?/m1/s1. The molecule has 60 heavy (non-hydrogen) atoms. The lowest BCUT2D eigenvalue weighted by Gasteiger charge is -2.72. The Morgan fingerprint density at radius 1 is 0.900 bits per heavy atom. The second-order valence-corrected chi connectivity index (χ2v) is 22.3. The van der Waals surface area contributed by atoms with Crippen LogP contribution in [0.2, 0.25) is 0 Å². The van der Waals surface area contributed by atoms with E-state index in [0.717, 1.165) is 75.6 Å². The molecule has 9 atom stereocenters. The number of hydrogen-bond donors (Lipinski definition) is 1. The van der Waals surface area contributed by atoms with E-state index in [9.17, 15) is 28.7 Å². The molecular weight excluding hydrogens is 760 g/mol. The number of carboxylic acid groups (broad SMARTS) is 1. The van der Waals surface area contributed by atoms with Crippen LogP contribution in [-0.4, -0.2) is 84.5 Å². The summed E-state index contributed by atoms with van der Waals surface area (Å²) in [5, 5.41) is 9.67. The highest BCUT2D eigenvalue weighted by Crippen LogP contribution is 2.77. The first-order valence-corrected chi connectivity index (χ1v) is 22.8. The zero-order chi connectivity index (χ0) is 44.4. The summed E-state index contributed by atoms with van der Waals surface area (Å²) in [6.07, 6.45) is 6.85. The van der Waals surface area contributed by atoms with Crippen molar-refractivity contribution in [3.63, 3.8) is 0 Å². The van der Waals surface area contributed by atoms with Crippen molar-refractivity contribution in [2.24, 2.45) is 56.2 Å². The maximum Gasteiger partial charge on any atom is 0.309 e. The number of halogens is 1. The maximum absolute atomic E-state index is 14.6. The van der Waals surface area contributed by atoms with Crippen molar-refractivity contribution in [2.45, 2.75) is 152 Å². The molecule has 0 amide bonds. The Bertz CT molecular complexity index is 1850. The van der Waals surface area contributed by atoms with E-state index in [1.165, 1.54) is 24.6 Å². The average molecular weight is 835 g/mol. The highest BCUT2D eigenvalue weighted by molar-refractivity contribution is 6.01. The van der Waals surface area contributed by atoms with Crippen molar-refractivity contribution in [2.75, 3.05) is 33.7 Å². The highest BCUT2D eigenvalue weighted by Gasteiger charge is 2.71. The lowest BCUT2D eigenvalue weighted by Crippen LogP contribution is -2.66. The quantitative estimate of drug-likeness (QED) is 0.183. The minimum atomic E-state index is -1.19. The van der Waals surface area contributed by atoms with Crippen LogP contribution in [0.15, 0.2) is 35.4 Å². The number of Topliss-reactive ketones (excluding diaryl/α,β-unsaturated/α-hetero) is 1. The van der Waals surface area contributed by atoms with E-state index in [1.54, 1.807) is 13.8 Å². The summed E-state index contributed by atoms with van der Waals surface area (Å²) in [5.41, 5.74) is 1.03. The summed E-state index contributed by atoms with van der Waals surface area (Å²) in [4.78, 5) is 57.2. The minimum absolute atomic E-state index is 0.0105. The van der Waals surface area contributed by atoms with Gasteiger partial charge in [0.1, 0.15) is 18.0 Å². The van der Waals surface area contributed by atoms with Crippen LogP contribution in [0.5, 0.6) is 0 Å². The number of rotatable bonds is 14. The summed E-state index contributed by atoms with van der Waals surface area (Å²) in [5.74, 6) is -0.888. The Morgan fingerprint density at radius 2 is 1.57 bits per heavy atom. The van der Waals surface area contributed by atoms with Gasteiger partial charge in [-0.2, -0.15) is 0 Å². The van der Waals surface area contributed by atoms with Crippen LogP contribution in [0.25, 0.3) is 0 Å². The number of carbonyl (C=O) groups excluding carboxylic acids is 3. The van der Waals surface area contributed by atoms with Gasteiger partial charge in [-0.3, -0.25) is 24.1 Å². The number of hydrogen-bond acceptors (Lipinski definition) is 8. The zero-order valence-corrected chi connectivity index (χ0v) is 38.8. The molecule has 334 valence electrons. The number of carbonyl (C=O) groups is 4. The first kappa shape index (κ1) is 46.4. The third-order valence-electron chi connectivity index (χ3n) is 17.4. The predicted molar refractivity (Wildman–Crippen MR) is 231 cm³/mol. The summed E-state index contributed by atoms with van der Waals surface area (Å²) >= 11 is 0. The zero-order valence-electron chi connectivity index (χ0n) is 38.8. The van der Waals surface area contributed by atoms with Crippen molar-refractivity contribution >= 4 is 23.7 Å². The fourth-order valence-electron chi connectivity index (χ4n) is 14.1. The number of aliphatic carboxylic acids is 1. The molecule has 10 heteroatoms. The fraction of sp³-hybridized carbons (Fsp3) is 0.760. The molecule has 3 unspecified atom stereocenters. The van der Waals surface area contributed by atoms with Crippen molar-refractivity contribution in [3.8, 4) is 0 Å². The SMILES string of the molecule is CC(=O)O[C@H](CN(CCN(C)C)Cc1ccc(F)cc1)C12CC[C@]3(C)[C@H](CCC4[C@@]5(C)CC[C@H](OC(=O)CC(C)(C)C(=O)O)C(C)(C)C5CC[C@]43C)C1=C(C(C)C)C(=O)C2. The molecule has 5 aliphatic carbocycles. The average Bonchev–Trinajstić information content (AvgIpc) is 3.45. The van der Waals surface area contributed by atoms with Crippen LogP contribution in [0, 0.1) is 62.0 Å². The van der Waals surface area contributed by atoms with Gasteiger partial charge in [-0.1, -0.05) is 60.6 Å². The first-order chi connectivity index (χ1) is 27.8. The van der Waals surface area contributed by atoms with E-state index >= 15 is 0 Å². The number of nitrogens with zero attached hydrogens (tertiary/aromatic N) is 2. The molecule has 0 aliphatic heterocycles. The second kappa shape index (κ2) is 16.5. The van der Waals surface area contributed by atoms with Crippen molar-refractivity contribution in [3.05, 3.63) is 46.8 Å². The molecule has 0 bridgehead atoms. The van der Waals surface area contributed by atoms with Gasteiger partial charge in [0, 0.05) is 50.4 Å². The molecule has 4 fully saturated rings. The van der Waals surface area contributed by atoms with Gasteiger partial charge in [-0.05, 0) is 148 Å². The monoisotopic (exact) mass is 835 g/mol. The molecule has 0 saturated heterocycles. The van der Waals surface area contributed by atoms with Gasteiger partial charge in [0.25, 0.3) is 0 Å². The van der Waals surface area contributed by atoms with Crippen LogP contribution in [0.1, 0.15) is 139 Å². The first-order valence-electron chi connectivity index (χ1n) is 22.8. The number of ether oxygens (including phenoxy) is 2. The molecular formula is C50H75FN2O7. The molecule has 5 aliphatic rings. The summed E-state index contributed by atoms with van der Waals surface area (Å²) < 4.78 is 26.7. The van der Waals surface area contributed by atoms with Crippen LogP contribution in [-0.2, 0) is 35.2 Å². The van der Waals surface area contributed by atoms with E-state index in [4.69, 9.17) is 9.47 Å². The van der Waals surface area contributed by atoms with Crippen molar-refractivity contribution in [1.29, 1.82) is 0 Å². The van der Waals surface area contributed by atoms with Gasteiger partial charge in [0.05, 0.1) is 11.8 Å². The van der Waals surface area contributed by atoms with Crippen LogP contribution in [0.3, 0.4) is 0 Å². The van der Waals surface area contributed by atoms with Crippen molar-refractivity contribution < 1.29 is 38.1 Å². The number of esters is 2. The largest absolute Gasteiger partial charge is 0.481 e. The molecule has 0 aromatic heterocycles. The minimum Gasteiger partial charge on any atom is -0.481 e. The van der Waals surface area contributed by atoms with E-state index in [1.807, 2.05) is 26.2 Å². The maximum atomic E-state index is 14.6. The van der Waals surface area contributed by atoms with Crippen LogP contribution in [0.4, 0.5) is 4.39 Å². The molecule has 0 heterocycles. The summed E-state index contributed by atoms with van der Waals surface area (Å²) in [7, 11) is 4.09. The fourth-order valence-corrected chi connectivity index (χ4v) is 14.1. The molecule has 1 aromatic carbocycles. The Labute approximate surface area is 359 Å². The molecule has 9 nitrogen and oxygen atoms in total. The number of allylic oxidation sites excluding steroid dienone is 1. The van der Waals surface area contributed by atoms with E-state index in [2.05, 4.69) is 58.3 Å². The van der Waals surface area contributed by atoms with Crippen molar-refractivity contribution in [1.82, 2.24) is 9.80 Å². The van der Waals surface area contributed by atoms with Gasteiger partial charge in [-0.15, -0.1) is 0 Å². The summed E-state index contributed by atoms with van der Waals surface area (Å²) in [6.45, 7) is 23.6. The lowest BCUT2D eigenvalue weighted by atomic mass is 9.33. The molecule has 1 aromatic rings. The number of likely N-dealkylation sites (N-methyl/N-ethyl adjacent to an activating group) is 1. The van der Waals surface area contributed by atoms with Gasteiger partial charge >= 0.3 is 17.9 Å². The normalized spacial score (nSPS) is 34.2. The molecule has 0 radical (unpaired) electrons. The summed E-state index contributed by atoms with van der Waals surface area (Å²) in [6, 6.07) is 6.63. The smallest absolute Gasteiger partial charge is 0.309 e. The molecule has 1 N–H and O–H groups in total. The van der Waals surface area contributed by atoms with E-state index < -0.39 is 28.9 Å². The van der Waals surface area contributed by atoms with Gasteiger partial charge in [-0.25, -0.2) is 4.39 Å². The number of ketones is 1. The highest BCUT2D eigenvalue weighted by atomic mass is 19.1. The second-order valence-electron chi connectivity index (χ2n) is 22.3. The number of benzene rings is 1. The third-order valence-corrected chi connectivity index (χ3v) is 17.4. The van der Waals surface area contributed by atoms with Crippen LogP contribution >= 0.6 is 0 Å². The lowest BCUT2D eigenvalue weighted by molar-refractivity contribution is -0.235. The molecule has 0 spiro atoms. The Morgan fingerprint density at radius 3 is 2.17 bits per heavy atom. The molecule has 4 saturated carbocycles. The predicted octanol–water partition coefficient (Wildman–Crippen LogP) is 9.51. The van der Waals surface area contributed by atoms with Gasteiger partial charge < -0.3 is 19.5 Å². The Balaban J connectivity index is 1.33. The molecule has 6 rings (SSSR count). The van der Waals surface area contributed by atoms with E-state index in [0.29, 0.717) is 31.3 Å².